The highest BCUT2D eigenvalue weighted by atomic mass is 35.5. The second-order valence-corrected chi connectivity index (χ2v) is 5.11. The van der Waals surface area contributed by atoms with Gasteiger partial charge < -0.3 is 15.8 Å². The number of carbonyl (C=O) groups excluding carboxylic acids is 1. The number of hydrogen-bond acceptors (Lipinski definition) is 3. The minimum Gasteiger partial charge on any atom is -0.384 e. The van der Waals surface area contributed by atoms with E-state index in [0.717, 1.165) is 6.42 Å². The maximum absolute atomic E-state index is 11.1. The van der Waals surface area contributed by atoms with E-state index in [1.165, 1.54) is 0 Å². The van der Waals surface area contributed by atoms with Crippen LogP contribution < -0.4 is 11.1 Å². The average molecular weight is 271 g/mol. The van der Waals surface area contributed by atoms with Gasteiger partial charge in [-0.2, -0.15) is 0 Å². The molecule has 1 amide bonds. The SMILES string of the molecule is COC(C)(C)CCNc1cc(C(N)=O)ccc1Cl. The van der Waals surface area contributed by atoms with E-state index in [4.69, 9.17) is 22.1 Å². The zero-order valence-electron chi connectivity index (χ0n) is 10.9. The highest BCUT2D eigenvalue weighted by molar-refractivity contribution is 6.33. The molecule has 0 spiro atoms. The standard InChI is InChI=1S/C13H19ClN2O2/c1-13(2,18-3)6-7-16-11-8-9(12(15)17)4-5-10(11)14/h4-5,8,16H,6-7H2,1-3H3,(H2,15,17). The molecule has 5 heteroatoms. The zero-order valence-corrected chi connectivity index (χ0v) is 11.7. The van der Waals surface area contributed by atoms with Gasteiger partial charge in [0.2, 0.25) is 5.91 Å². The maximum atomic E-state index is 11.1. The fraction of sp³-hybridized carbons (Fsp3) is 0.462. The molecule has 4 nitrogen and oxygen atoms in total. The molecule has 0 bridgehead atoms. The number of carbonyl (C=O) groups is 1. The molecule has 0 unspecified atom stereocenters. The van der Waals surface area contributed by atoms with Crippen LogP contribution >= 0.6 is 11.6 Å². The van der Waals surface area contributed by atoms with E-state index in [1.54, 1.807) is 25.3 Å². The Bertz CT molecular complexity index is 433. The minimum absolute atomic E-state index is 0.194. The van der Waals surface area contributed by atoms with Gasteiger partial charge in [0.05, 0.1) is 16.3 Å². The normalized spacial score (nSPS) is 11.3. The van der Waals surface area contributed by atoms with Gasteiger partial charge in [-0.25, -0.2) is 0 Å². The first kappa shape index (κ1) is 14.8. The lowest BCUT2D eigenvalue weighted by molar-refractivity contribution is 0.0185. The van der Waals surface area contributed by atoms with Crippen LogP contribution in [-0.4, -0.2) is 25.2 Å². The third kappa shape index (κ3) is 4.20. The summed E-state index contributed by atoms with van der Waals surface area (Å²) in [6, 6.07) is 4.92. The van der Waals surface area contributed by atoms with Crippen molar-refractivity contribution < 1.29 is 9.53 Å². The Hall–Kier alpha value is -1.26. The molecule has 18 heavy (non-hydrogen) atoms. The third-order valence-corrected chi connectivity index (χ3v) is 3.18. The van der Waals surface area contributed by atoms with E-state index < -0.39 is 5.91 Å². The molecule has 100 valence electrons. The number of primary amides is 1. The van der Waals surface area contributed by atoms with E-state index in [2.05, 4.69) is 5.32 Å². The molecule has 0 atom stereocenters. The van der Waals surface area contributed by atoms with Gasteiger partial charge in [-0.3, -0.25) is 4.79 Å². The number of benzene rings is 1. The van der Waals surface area contributed by atoms with E-state index in [-0.39, 0.29) is 5.60 Å². The van der Waals surface area contributed by atoms with Gasteiger partial charge >= 0.3 is 0 Å². The highest BCUT2D eigenvalue weighted by Gasteiger charge is 2.15. The Morgan fingerprint density at radius 1 is 1.50 bits per heavy atom. The van der Waals surface area contributed by atoms with Crippen LogP contribution in [0.2, 0.25) is 5.02 Å². The molecule has 0 fully saturated rings. The third-order valence-electron chi connectivity index (χ3n) is 2.85. The lowest BCUT2D eigenvalue weighted by atomic mass is 10.1. The second kappa shape index (κ2) is 6.07. The summed E-state index contributed by atoms with van der Waals surface area (Å²) in [7, 11) is 1.68. The van der Waals surface area contributed by atoms with Crippen LogP contribution in [0.4, 0.5) is 5.69 Å². The van der Waals surface area contributed by atoms with Gasteiger partial charge in [-0.15, -0.1) is 0 Å². The van der Waals surface area contributed by atoms with Crippen molar-refractivity contribution in [1.82, 2.24) is 0 Å². The van der Waals surface area contributed by atoms with Crippen molar-refractivity contribution in [2.75, 3.05) is 19.0 Å². The zero-order chi connectivity index (χ0) is 13.8. The summed E-state index contributed by atoms with van der Waals surface area (Å²) in [5, 5.41) is 3.74. The summed E-state index contributed by atoms with van der Waals surface area (Å²) in [6.07, 6.45) is 0.820. The maximum Gasteiger partial charge on any atom is 0.248 e. The molecule has 0 radical (unpaired) electrons. The molecule has 1 aromatic carbocycles. The molecule has 0 saturated heterocycles. The molecule has 0 heterocycles. The molecule has 0 aliphatic carbocycles. The van der Waals surface area contributed by atoms with Gasteiger partial charge in [-0.05, 0) is 38.5 Å². The van der Waals surface area contributed by atoms with Crippen molar-refractivity contribution in [1.29, 1.82) is 0 Å². The highest BCUT2D eigenvalue weighted by Crippen LogP contribution is 2.23. The van der Waals surface area contributed by atoms with Crippen LogP contribution in [-0.2, 0) is 4.74 Å². The minimum atomic E-state index is -0.466. The quantitative estimate of drug-likeness (QED) is 0.835. The topological polar surface area (TPSA) is 64.3 Å². The number of nitrogens with two attached hydrogens (primary N) is 1. The first-order chi connectivity index (χ1) is 8.35. The monoisotopic (exact) mass is 270 g/mol. The Labute approximate surface area is 112 Å². The Balaban J connectivity index is 2.67. The fourth-order valence-corrected chi connectivity index (χ4v) is 1.60. The number of ether oxygens (including phenoxy) is 1. The lowest BCUT2D eigenvalue weighted by Gasteiger charge is -2.23. The molecule has 0 saturated carbocycles. The summed E-state index contributed by atoms with van der Waals surface area (Å²) in [6.45, 7) is 4.72. The van der Waals surface area contributed by atoms with Gasteiger partial charge in [-0.1, -0.05) is 11.6 Å². The van der Waals surface area contributed by atoms with Crippen LogP contribution in [0.15, 0.2) is 18.2 Å². The van der Waals surface area contributed by atoms with Gasteiger partial charge in [0.25, 0.3) is 0 Å². The van der Waals surface area contributed by atoms with E-state index in [1.807, 2.05) is 13.8 Å². The molecular formula is C13H19ClN2O2. The molecule has 1 aromatic rings. The molecule has 1 rings (SSSR count). The second-order valence-electron chi connectivity index (χ2n) is 4.70. The number of rotatable bonds is 6. The van der Waals surface area contributed by atoms with E-state index in [0.29, 0.717) is 22.8 Å². The van der Waals surface area contributed by atoms with E-state index >= 15 is 0 Å². The largest absolute Gasteiger partial charge is 0.384 e. The van der Waals surface area contributed by atoms with Crippen molar-refractivity contribution >= 4 is 23.2 Å². The van der Waals surface area contributed by atoms with Crippen molar-refractivity contribution in [2.24, 2.45) is 5.73 Å². The number of halogens is 1. The molecule has 3 N–H and O–H groups in total. The molecule has 0 aromatic heterocycles. The number of nitrogens with one attached hydrogen (secondary N) is 1. The first-order valence-electron chi connectivity index (χ1n) is 5.74. The summed E-state index contributed by atoms with van der Waals surface area (Å²) in [5.74, 6) is -0.466. The summed E-state index contributed by atoms with van der Waals surface area (Å²) in [4.78, 5) is 11.1. The lowest BCUT2D eigenvalue weighted by Crippen LogP contribution is -2.25. The summed E-state index contributed by atoms with van der Waals surface area (Å²) >= 11 is 6.04. The van der Waals surface area contributed by atoms with E-state index in [9.17, 15) is 4.79 Å². The Kier molecular flexibility index (Phi) is 4.99. The predicted molar refractivity (Wildman–Crippen MR) is 74.2 cm³/mol. The van der Waals surface area contributed by atoms with Gasteiger partial charge in [0.15, 0.2) is 0 Å². The van der Waals surface area contributed by atoms with Gasteiger partial charge in [0.1, 0.15) is 0 Å². The number of methoxy groups -OCH3 is 1. The smallest absolute Gasteiger partial charge is 0.248 e. The first-order valence-corrected chi connectivity index (χ1v) is 6.12. The van der Waals surface area contributed by atoms with Crippen molar-refractivity contribution in [3.05, 3.63) is 28.8 Å². The molecule has 0 aliphatic rings. The molecule has 0 aliphatic heterocycles. The summed E-state index contributed by atoms with van der Waals surface area (Å²) in [5.41, 5.74) is 6.17. The fourth-order valence-electron chi connectivity index (χ4n) is 1.41. The Morgan fingerprint density at radius 3 is 2.72 bits per heavy atom. The number of anilines is 1. The molecular weight excluding hydrogens is 252 g/mol. The van der Waals surface area contributed by atoms with Crippen LogP contribution in [0.3, 0.4) is 0 Å². The number of amides is 1. The van der Waals surface area contributed by atoms with Crippen molar-refractivity contribution in [3.63, 3.8) is 0 Å². The number of hydrogen-bond donors (Lipinski definition) is 2. The van der Waals surface area contributed by atoms with Crippen LogP contribution in [0, 0.1) is 0 Å². The predicted octanol–water partition coefficient (Wildman–Crippen LogP) is 2.67. The summed E-state index contributed by atoms with van der Waals surface area (Å²) < 4.78 is 5.32. The van der Waals surface area contributed by atoms with Crippen LogP contribution in [0.25, 0.3) is 0 Å². The Morgan fingerprint density at radius 2 is 2.17 bits per heavy atom. The van der Waals surface area contributed by atoms with Crippen molar-refractivity contribution in [2.45, 2.75) is 25.9 Å². The average Bonchev–Trinajstić information content (AvgIpc) is 2.31. The van der Waals surface area contributed by atoms with Crippen molar-refractivity contribution in [3.8, 4) is 0 Å². The van der Waals surface area contributed by atoms with Gasteiger partial charge in [0, 0.05) is 19.2 Å². The van der Waals surface area contributed by atoms with Crippen LogP contribution in [0.5, 0.6) is 0 Å². The van der Waals surface area contributed by atoms with Crippen LogP contribution in [0.1, 0.15) is 30.6 Å².